The molecule has 1 N–H and O–H groups in total. The number of carbonyl (C=O) groups is 1. The van der Waals surface area contributed by atoms with Gasteiger partial charge in [-0.1, -0.05) is 11.6 Å². The van der Waals surface area contributed by atoms with E-state index in [1.807, 2.05) is 0 Å². The van der Waals surface area contributed by atoms with E-state index in [-0.39, 0.29) is 16.8 Å². The summed E-state index contributed by atoms with van der Waals surface area (Å²) in [6, 6.07) is 8.47. The lowest BCUT2D eigenvalue weighted by Crippen LogP contribution is -2.46. The Morgan fingerprint density at radius 3 is 2.37 bits per heavy atom. The van der Waals surface area contributed by atoms with Crippen molar-refractivity contribution in [2.45, 2.75) is 23.8 Å². The number of halogens is 3. The molecule has 1 aromatic heterocycles. The van der Waals surface area contributed by atoms with Crippen molar-refractivity contribution >= 4 is 49.0 Å². The van der Waals surface area contributed by atoms with Crippen molar-refractivity contribution in [3.63, 3.8) is 0 Å². The molecule has 1 saturated heterocycles. The van der Waals surface area contributed by atoms with Crippen LogP contribution in [0.15, 0.2) is 47.4 Å². The molecule has 0 spiro atoms. The van der Waals surface area contributed by atoms with Gasteiger partial charge in [-0.05, 0) is 55.3 Å². The Labute approximate surface area is 181 Å². The van der Waals surface area contributed by atoms with Crippen LogP contribution in [0, 0.1) is 11.6 Å². The number of likely N-dealkylation sites (tertiary alicyclic amines) is 1. The largest absolute Gasteiger partial charge is 0.338 e. The molecule has 4 rings (SSSR count). The van der Waals surface area contributed by atoms with Gasteiger partial charge in [-0.2, -0.15) is 0 Å². The molecule has 2 aromatic carbocycles. The summed E-state index contributed by atoms with van der Waals surface area (Å²) >= 11 is 7.48. The highest BCUT2D eigenvalue weighted by molar-refractivity contribution is 7.89. The zero-order valence-corrected chi connectivity index (χ0v) is 18.0. The highest BCUT2D eigenvalue weighted by Crippen LogP contribution is 2.36. The highest BCUT2D eigenvalue weighted by atomic mass is 35.5. The average Bonchev–Trinajstić information content (AvgIpc) is 3.03. The number of nitrogens with zero attached hydrogens (tertiary/aromatic N) is 1. The Balaban J connectivity index is 1.42. The lowest BCUT2D eigenvalue weighted by Gasteiger charge is -2.32. The molecule has 1 aliphatic rings. The SMILES string of the molecule is O=C(c1sc2cc(F)ccc2c1Cl)N1CCC(NS(=O)(=O)c2ccc(F)cc2)CC1. The smallest absolute Gasteiger partial charge is 0.265 e. The normalized spacial score (nSPS) is 15.6. The van der Waals surface area contributed by atoms with Crippen molar-refractivity contribution < 1.29 is 22.0 Å². The quantitative estimate of drug-likeness (QED) is 0.614. The first kappa shape index (κ1) is 21.2. The van der Waals surface area contributed by atoms with E-state index in [0.717, 1.165) is 23.5 Å². The number of hydrogen-bond acceptors (Lipinski definition) is 4. The van der Waals surface area contributed by atoms with Crippen LogP contribution >= 0.6 is 22.9 Å². The van der Waals surface area contributed by atoms with Crippen LogP contribution in [0.25, 0.3) is 10.1 Å². The van der Waals surface area contributed by atoms with E-state index >= 15 is 0 Å². The first-order chi connectivity index (χ1) is 14.2. The van der Waals surface area contributed by atoms with Gasteiger partial charge in [0.15, 0.2) is 0 Å². The molecule has 0 aliphatic carbocycles. The highest BCUT2D eigenvalue weighted by Gasteiger charge is 2.29. The van der Waals surface area contributed by atoms with Crippen LogP contribution in [-0.2, 0) is 10.0 Å². The summed E-state index contributed by atoms with van der Waals surface area (Å²) in [5.41, 5.74) is 0. The van der Waals surface area contributed by atoms with Gasteiger partial charge in [0.25, 0.3) is 5.91 Å². The fourth-order valence-electron chi connectivity index (χ4n) is 3.42. The van der Waals surface area contributed by atoms with Gasteiger partial charge in [0, 0.05) is 29.2 Å². The Morgan fingerprint density at radius 2 is 1.70 bits per heavy atom. The molecule has 1 amide bonds. The number of fused-ring (bicyclic) bond motifs is 1. The molecule has 3 aromatic rings. The molecule has 1 aliphatic heterocycles. The van der Waals surface area contributed by atoms with Gasteiger partial charge in [-0.15, -0.1) is 11.3 Å². The maximum Gasteiger partial charge on any atom is 0.265 e. The minimum atomic E-state index is -3.77. The standard InChI is InChI=1S/C20H17ClF2N2O3S2/c21-18-16-6-3-13(23)11-17(16)29-19(18)20(26)25-9-7-14(8-10-25)24-30(27,28)15-4-1-12(22)2-5-15/h1-6,11,14,24H,7-10H2. The predicted molar refractivity (Wildman–Crippen MR) is 112 cm³/mol. The maximum atomic E-state index is 13.4. The van der Waals surface area contributed by atoms with Gasteiger partial charge in [-0.25, -0.2) is 21.9 Å². The molecular formula is C20H17ClF2N2O3S2. The van der Waals surface area contributed by atoms with Gasteiger partial charge in [0.05, 0.1) is 9.92 Å². The van der Waals surface area contributed by atoms with Crippen molar-refractivity contribution in [1.29, 1.82) is 0 Å². The fourth-order valence-corrected chi connectivity index (χ4v) is 6.23. The molecule has 2 heterocycles. The third-order valence-electron chi connectivity index (χ3n) is 5.01. The Kier molecular flexibility index (Phi) is 5.80. The van der Waals surface area contributed by atoms with Crippen molar-refractivity contribution in [2.75, 3.05) is 13.1 Å². The summed E-state index contributed by atoms with van der Waals surface area (Å²) in [7, 11) is -3.77. The van der Waals surface area contributed by atoms with Gasteiger partial charge >= 0.3 is 0 Å². The monoisotopic (exact) mass is 470 g/mol. The van der Waals surface area contributed by atoms with Crippen molar-refractivity contribution in [1.82, 2.24) is 9.62 Å². The number of rotatable bonds is 4. The third-order valence-corrected chi connectivity index (χ3v) is 8.20. The van der Waals surface area contributed by atoms with Crippen LogP contribution in [-0.4, -0.2) is 38.4 Å². The maximum absolute atomic E-state index is 13.4. The lowest BCUT2D eigenvalue weighted by molar-refractivity contribution is 0.0716. The van der Waals surface area contributed by atoms with E-state index in [9.17, 15) is 22.0 Å². The first-order valence-electron chi connectivity index (χ1n) is 9.19. The Bertz CT molecular complexity index is 1200. The summed E-state index contributed by atoms with van der Waals surface area (Å²) in [6.07, 6.45) is 0.868. The van der Waals surface area contributed by atoms with Crippen molar-refractivity contribution in [3.05, 3.63) is 64.0 Å². The fraction of sp³-hybridized carbons (Fsp3) is 0.250. The molecule has 10 heteroatoms. The Hall–Kier alpha value is -2.07. The van der Waals surface area contributed by atoms with Crippen LogP contribution in [0.3, 0.4) is 0 Å². The number of benzene rings is 2. The molecule has 0 atom stereocenters. The van der Waals surface area contributed by atoms with E-state index < -0.39 is 21.7 Å². The van der Waals surface area contributed by atoms with Crippen molar-refractivity contribution in [2.24, 2.45) is 0 Å². The van der Waals surface area contributed by atoms with Crippen LogP contribution in [0.2, 0.25) is 5.02 Å². The van der Waals surface area contributed by atoms with Gasteiger partial charge in [-0.3, -0.25) is 4.79 Å². The topological polar surface area (TPSA) is 66.5 Å². The minimum Gasteiger partial charge on any atom is -0.338 e. The number of amides is 1. The van der Waals surface area contributed by atoms with E-state index in [4.69, 9.17) is 11.6 Å². The number of hydrogen-bond donors (Lipinski definition) is 1. The molecule has 5 nitrogen and oxygen atoms in total. The van der Waals surface area contributed by atoms with E-state index in [2.05, 4.69) is 4.72 Å². The number of nitrogens with one attached hydrogen (secondary N) is 1. The van der Waals surface area contributed by atoms with Crippen molar-refractivity contribution in [3.8, 4) is 0 Å². The third kappa shape index (κ3) is 4.20. The minimum absolute atomic E-state index is 0.00769. The van der Waals surface area contributed by atoms with Gasteiger partial charge in [0.2, 0.25) is 10.0 Å². The molecule has 158 valence electrons. The van der Waals surface area contributed by atoms with E-state index in [1.165, 1.54) is 24.3 Å². The van der Waals surface area contributed by atoms with Crippen LogP contribution in [0.5, 0.6) is 0 Å². The summed E-state index contributed by atoms with van der Waals surface area (Å²) in [4.78, 5) is 14.9. The first-order valence-corrected chi connectivity index (χ1v) is 11.9. The summed E-state index contributed by atoms with van der Waals surface area (Å²) in [5.74, 6) is -1.15. The summed E-state index contributed by atoms with van der Waals surface area (Å²) in [5, 5.41) is 0.937. The van der Waals surface area contributed by atoms with Gasteiger partial charge in [0.1, 0.15) is 16.5 Å². The number of piperidine rings is 1. The van der Waals surface area contributed by atoms with Crippen LogP contribution in [0.1, 0.15) is 22.5 Å². The number of carbonyl (C=O) groups excluding carboxylic acids is 1. The van der Waals surface area contributed by atoms with Crippen LogP contribution in [0.4, 0.5) is 8.78 Å². The second kappa shape index (κ2) is 8.22. The zero-order valence-electron chi connectivity index (χ0n) is 15.6. The Morgan fingerprint density at radius 1 is 1.07 bits per heavy atom. The van der Waals surface area contributed by atoms with E-state index in [1.54, 1.807) is 11.0 Å². The second-order valence-corrected chi connectivity index (χ2v) is 10.2. The molecule has 0 radical (unpaired) electrons. The second-order valence-electron chi connectivity index (χ2n) is 7.03. The summed E-state index contributed by atoms with van der Waals surface area (Å²) in [6.45, 7) is 0.711. The number of thiophene rings is 1. The molecule has 1 fully saturated rings. The predicted octanol–water partition coefficient (Wildman–Crippen LogP) is 4.42. The van der Waals surface area contributed by atoms with Crippen LogP contribution < -0.4 is 4.72 Å². The lowest BCUT2D eigenvalue weighted by atomic mass is 10.1. The molecular weight excluding hydrogens is 454 g/mol. The average molecular weight is 471 g/mol. The summed E-state index contributed by atoms with van der Waals surface area (Å²) < 4.78 is 54.6. The van der Waals surface area contributed by atoms with Gasteiger partial charge < -0.3 is 4.90 Å². The number of sulfonamides is 1. The van der Waals surface area contributed by atoms with E-state index in [0.29, 0.717) is 45.9 Å². The molecule has 0 bridgehead atoms. The zero-order chi connectivity index (χ0) is 21.5. The molecule has 0 saturated carbocycles. The molecule has 30 heavy (non-hydrogen) atoms. The molecule has 0 unspecified atom stereocenters.